The molecule has 1 aliphatic rings. The molecule has 0 aliphatic carbocycles. The number of carboxylic acid groups (broad SMARTS) is 1. The van der Waals surface area contributed by atoms with Crippen molar-refractivity contribution in [3.8, 4) is 5.75 Å². The third-order valence-electron chi connectivity index (χ3n) is 2.69. The van der Waals surface area contributed by atoms with Crippen LogP contribution in [0.3, 0.4) is 0 Å². The predicted molar refractivity (Wildman–Crippen MR) is 66.8 cm³/mol. The molecule has 4 heteroatoms. The summed E-state index contributed by atoms with van der Waals surface area (Å²) in [6.45, 7) is 3.73. The Morgan fingerprint density at radius 2 is 2.17 bits per heavy atom. The first-order chi connectivity index (χ1) is 8.37. The van der Waals surface area contributed by atoms with Crippen molar-refractivity contribution in [2.45, 2.75) is 25.9 Å². The SMILES string of the molecule is CC1(C)CC(=O)c2cc(C=CC(=O)O)ccc2O1. The van der Waals surface area contributed by atoms with Crippen LogP contribution in [-0.2, 0) is 4.79 Å². The summed E-state index contributed by atoms with van der Waals surface area (Å²) in [5.74, 6) is -0.438. The fourth-order valence-corrected chi connectivity index (χ4v) is 1.94. The number of aliphatic carboxylic acids is 1. The first-order valence-electron chi connectivity index (χ1n) is 5.65. The fraction of sp³-hybridized carbons (Fsp3) is 0.286. The molecule has 0 bridgehead atoms. The van der Waals surface area contributed by atoms with Gasteiger partial charge in [-0.25, -0.2) is 4.79 Å². The third kappa shape index (κ3) is 2.59. The lowest BCUT2D eigenvalue weighted by atomic mass is 9.92. The van der Waals surface area contributed by atoms with Crippen LogP contribution in [0.25, 0.3) is 6.08 Å². The summed E-state index contributed by atoms with van der Waals surface area (Å²) in [4.78, 5) is 22.4. The molecule has 0 radical (unpaired) electrons. The van der Waals surface area contributed by atoms with Crippen LogP contribution in [0.1, 0.15) is 36.2 Å². The van der Waals surface area contributed by atoms with Gasteiger partial charge in [-0.15, -0.1) is 0 Å². The minimum atomic E-state index is -1.02. The zero-order valence-corrected chi connectivity index (χ0v) is 10.3. The number of carbonyl (C=O) groups excluding carboxylic acids is 1. The van der Waals surface area contributed by atoms with Crippen LogP contribution >= 0.6 is 0 Å². The summed E-state index contributed by atoms with van der Waals surface area (Å²) < 4.78 is 5.71. The number of fused-ring (bicyclic) bond motifs is 1. The molecule has 0 fully saturated rings. The fourth-order valence-electron chi connectivity index (χ4n) is 1.94. The maximum absolute atomic E-state index is 12.0. The van der Waals surface area contributed by atoms with Gasteiger partial charge in [-0.05, 0) is 37.6 Å². The number of hydrogen-bond acceptors (Lipinski definition) is 3. The highest BCUT2D eigenvalue weighted by molar-refractivity contribution is 6.01. The Bertz CT molecular complexity index is 541. The molecule has 1 aromatic carbocycles. The lowest BCUT2D eigenvalue weighted by molar-refractivity contribution is -0.131. The highest BCUT2D eigenvalue weighted by Crippen LogP contribution is 2.33. The molecule has 1 heterocycles. The lowest BCUT2D eigenvalue weighted by Crippen LogP contribution is -2.35. The maximum Gasteiger partial charge on any atom is 0.328 e. The van der Waals surface area contributed by atoms with Crippen molar-refractivity contribution in [2.75, 3.05) is 0 Å². The van der Waals surface area contributed by atoms with Crippen molar-refractivity contribution < 1.29 is 19.4 Å². The van der Waals surface area contributed by atoms with Crippen molar-refractivity contribution in [3.63, 3.8) is 0 Å². The van der Waals surface area contributed by atoms with Crippen molar-refractivity contribution >= 4 is 17.8 Å². The molecule has 2 rings (SSSR count). The van der Waals surface area contributed by atoms with Gasteiger partial charge in [0.1, 0.15) is 11.4 Å². The average molecular weight is 246 g/mol. The summed E-state index contributed by atoms with van der Waals surface area (Å²) in [5.41, 5.74) is 0.706. The Kier molecular flexibility index (Phi) is 2.95. The molecular formula is C14H14O4. The Hall–Kier alpha value is -2.10. The maximum atomic E-state index is 12.0. The predicted octanol–water partition coefficient (Wildman–Crippen LogP) is 2.53. The summed E-state index contributed by atoms with van der Waals surface area (Å²) in [7, 11) is 0. The van der Waals surface area contributed by atoms with Gasteiger partial charge in [0.25, 0.3) is 0 Å². The molecule has 0 amide bonds. The van der Waals surface area contributed by atoms with Crippen LogP contribution in [0, 0.1) is 0 Å². The highest BCUT2D eigenvalue weighted by atomic mass is 16.5. The first-order valence-corrected chi connectivity index (χ1v) is 5.65. The van der Waals surface area contributed by atoms with Crippen molar-refractivity contribution in [1.82, 2.24) is 0 Å². The molecule has 1 aliphatic heterocycles. The highest BCUT2D eigenvalue weighted by Gasteiger charge is 2.32. The average Bonchev–Trinajstić information content (AvgIpc) is 2.25. The molecule has 18 heavy (non-hydrogen) atoms. The minimum Gasteiger partial charge on any atom is -0.487 e. The number of carboxylic acids is 1. The van der Waals surface area contributed by atoms with Crippen LogP contribution in [0.2, 0.25) is 0 Å². The van der Waals surface area contributed by atoms with E-state index in [2.05, 4.69) is 0 Å². The lowest BCUT2D eigenvalue weighted by Gasteiger charge is -2.31. The van der Waals surface area contributed by atoms with E-state index in [9.17, 15) is 9.59 Å². The number of benzene rings is 1. The van der Waals surface area contributed by atoms with Gasteiger partial charge in [-0.2, -0.15) is 0 Å². The molecule has 0 saturated heterocycles. The molecule has 0 saturated carbocycles. The second kappa shape index (κ2) is 4.29. The normalized spacial score (nSPS) is 17.3. The molecule has 0 atom stereocenters. The van der Waals surface area contributed by atoms with Crippen LogP contribution in [0.5, 0.6) is 5.75 Å². The Morgan fingerprint density at radius 1 is 1.44 bits per heavy atom. The van der Waals surface area contributed by atoms with Gasteiger partial charge in [0.2, 0.25) is 0 Å². The Morgan fingerprint density at radius 3 is 2.83 bits per heavy atom. The van der Waals surface area contributed by atoms with E-state index in [1.54, 1.807) is 18.2 Å². The van der Waals surface area contributed by atoms with Gasteiger partial charge in [0.15, 0.2) is 5.78 Å². The van der Waals surface area contributed by atoms with Gasteiger partial charge in [0, 0.05) is 6.08 Å². The monoisotopic (exact) mass is 246 g/mol. The molecule has 4 nitrogen and oxygen atoms in total. The Labute approximate surface area is 105 Å². The number of ketones is 1. The first kappa shape index (κ1) is 12.4. The third-order valence-corrected chi connectivity index (χ3v) is 2.69. The van der Waals surface area contributed by atoms with Crippen molar-refractivity contribution in [2.24, 2.45) is 0 Å². The minimum absolute atomic E-state index is 0.0202. The molecule has 0 aromatic heterocycles. The van der Waals surface area contributed by atoms with Gasteiger partial charge in [-0.3, -0.25) is 4.79 Å². The zero-order chi connectivity index (χ0) is 13.3. The second-order valence-electron chi connectivity index (χ2n) is 4.89. The van der Waals surface area contributed by atoms with E-state index in [4.69, 9.17) is 9.84 Å². The summed E-state index contributed by atoms with van der Waals surface area (Å²) in [5, 5.41) is 8.56. The van der Waals surface area contributed by atoms with E-state index in [1.165, 1.54) is 6.08 Å². The molecule has 0 spiro atoms. The zero-order valence-electron chi connectivity index (χ0n) is 10.3. The van der Waals surface area contributed by atoms with E-state index in [-0.39, 0.29) is 5.78 Å². The number of ether oxygens (including phenoxy) is 1. The van der Waals surface area contributed by atoms with Crippen LogP contribution in [0.4, 0.5) is 0 Å². The van der Waals surface area contributed by atoms with Crippen LogP contribution < -0.4 is 4.74 Å². The summed E-state index contributed by atoms with van der Waals surface area (Å²) in [6, 6.07) is 5.09. The largest absolute Gasteiger partial charge is 0.487 e. The number of carbonyl (C=O) groups is 2. The summed E-state index contributed by atoms with van der Waals surface area (Å²) >= 11 is 0. The number of rotatable bonds is 2. The molecule has 94 valence electrons. The molecule has 0 unspecified atom stereocenters. The smallest absolute Gasteiger partial charge is 0.328 e. The molecule has 1 N–H and O–H groups in total. The summed E-state index contributed by atoms with van der Waals surface area (Å²) in [6.07, 6.45) is 2.82. The van der Waals surface area contributed by atoms with Gasteiger partial charge < -0.3 is 9.84 Å². The standard InChI is InChI=1S/C14H14O4/c1-14(2)8-11(15)10-7-9(4-6-13(16)17)3-5-12(10)18-14/h3-7H,8H2,1-2H3,(H,16,17). The van der Waals surface area contributed by atoms with E-state index in [0.717, 1.165) is 6.08 Å². The van der Waals surface area contributed by atoms with Gasteiger partial charge in [-0.1, -0.05) is 6.07 Å². The van der Waals surface area contributed by atoms with E-state index < -0.39 is 11.6 Å². The van der Waals surface area contributed by atoms with E-state index >= 15 is 0 Å². The van der Waals surface area contributed by atoms with Crippen LogP contribution in [-0.4, -0.2) is 22.5 Å². The molecule has 1 aromatic rings. The van der Waals surface area contributed by atoms with Crippen LogP contribution in [0.15, 0.2) is 24.3 Å². The van der Waals surface area contributed by atoms with Gasteiger partial charge in [0.05, 0.1) is 12.0 Å². The van der Waals surface area contributed by atoms with Crippen molar-refractivity contribution in [3.05, 3.63) is 35.4 Å². The number of hydrogen-bond donors (Lipinski definition) is 1. The Balaban J connectivity index is 2.36. The number of Topliss-reactive ketones (excluding diaryl/α,β-unsaturated/α-hetero) is 1. The van der Waals surface area contributed by atoms with Crippen molar-refractivity contribution in [1.29, 1.82) is 0 Å². The van der Waals surface area contributed by atoms with E-state index in [1.807, 2.05) is 13.8 Å². The quantitative estimate of drug-likeness (QED) is 0.814. The van der Waals surface area contributed by atoms with E-state index in [0.29, 0.717) is 23.3 Å². The second-order valence-corrected chi connectivity index (χ2v) is 4.89. The van der Waals surface area contributed by atoms with Gasteiger partial charge >= 0.3 is 5.97 Å². The molecular weight excluding hydrogens is 232 g/mol. The topological polar surface area (TPSA) is 63.6 Å².